The first-order valence-corrected chi connectivity index (χ1v) is 16.3. The number of fused-ring (bicyclic) bond motifs is 2. The molecule has 3 aromatic heterocycles. The van der Waals surface area contributed by atoms with Crippen LogP contribution in [0, 0.1) is 0 Å². The number of nitrogens with zero attached hydrogens (tertiary/aromatic N) is 1. The predicted octanol–water partition coefficient (Wildman–Crippen LogP) is 6.60. The largest absolute Gasteiger partial charge is 0.462 e. The lowest BCUT2D eigenvalue weighted by Gasteiger charge is -2.13. The van der Waals surface area contributed by atoms with E-state index < -0.39 is 23.8 Å². The Kier molecular flexibility index (Phi) is 9.69. The SMILES string of the molecule is CCCOC(=O)c1c(NC(=O)c2cccc(C(=O)Nc3sc4c(c3C(=O)OCCC)CCCC4)n2)sc2c1CCCC2. The Morgan fingerprint density at radius 1 is 0.714 bits per heavy atom. The number of hydrogen-bond acceptors (Lipinski definition) is 9. The highest BCUT2D eigenvalue weighted by Gasteiger charge is 2.29. The summed E-state index contributed by atoms with van der Waals surface area (Å²) < 4.78 is 10.9. The van der Waals surface area contributed by atoms with Crippen LogP contribution in [0.5, 0.6) is 0 Å². The van der Waals surface area contributed by atoms with Crippen molar-refractivity contribution >= 4 is 56.4 Å². The summed E-state index contributed by atoms with van der Waals surface area (Å²) in [5, 5.41) is 6.61. The second kappa shape index (κ2) is 13.6. The molecule has 222 valence electrons. The topological polar surface area (TPSA) is 124 Å². The number of hydrogen-bond donors (Lipinski definition) is 2. The van der Waals surface area contributed by atoms with Crippen LogP contribution in [0.15, 0.2) is 18.2 Å². The minimum absolute atomic E-state index is 0.0370. The summed E-state index contributed by atoms with van der Waals surface area (Å²) in [6, 6.07) is 4.63. The fraction of sp³-hybridized carbons (Fsp3) is 0.452. The number of aromatic nitrogens is 1. The van der Waals surface area contributed by atoms with Gasteiger partial charge in [-0.1, -0.05) is 19.9 Å². The number of aryl methyl sites for hydroxylation is 2. The number of anilines is 2. The van der Waals surface area contributed by atoms with Crippen LogP contribution in [0.3, 0.4) is 0 Å². The number of esters is 2. The second-order valence-electron chi connectivity index (χ2n) is 10.4. The van der Waals surface area contributed by atoms with Crippen molar-refractivity contribution in [3.63, 3.8) is 0 Å². The highest BCUT2D eigenvalue weighted by atomic mass is 32.1. The number of pyridine rings is 1. The Hall–Kier alpha value is -3.57. The van der Waals surface area contributed by atoms with Crippen molar-refractivity contribution in [2.75, 3.05) is 23.8 Å². The van der Waals surface area contributed by atoms with E-state index in [0.717, 1.165) is 72.2 Å². The molecule has 3 aromatic rings. The van der Waals surface area contributed by atoms with Gasteiger partial charge in [-0.25, -0.2) is 14.6 Å². The van der Waals surface area contributed by atoms with Gasteiger partial charge in [0, 0.05) is 9.75 Å². The van der Waals surface area contributed by atoms with Gasteiger partial charge in [0.15, 0.2) is 0 Å². The van der Waals surface area contributed by atoms with Crippen LogP contribution in [0.4, 0.5) is 10.0 Å². The molecule has 0 bridgehead atoms. The van der Waals surface area contributed by atoms with Crippen LogP contribution in [-0.2, 0) is 35.2 Å². The second-order valence-corrected chi connectivity index (χ2v) is 12.6. The molecule has 0 fully saturated rings. The van der Waals surface area contributed by atoms with E-state index in [0.29, 0.717) is 47.2 Å². The maximum Gasteiger partial charge on any atom is 0.341 e. The maximum absolute atomic E-state index is 13.3. The van der Waals surface area contributed by atoms with E-state index in [2.05, 4.69) is 15.6 Å². The molecule has 0 saturated heterocycles. The molecule has 11 heteroatoms. The number of nitrogens with one attached hydrogen (secondary N) is 2. The average Bonchev–Trinajstić information content (AvgIpc) is 3.56. The summed E-state index contributed by atoms with van der Waals surface area (Å²) in [5.41, 5.74) is 2.83. The van der Waals surface area contributed by atoms with Crippen LogP contribution in [-0.4, -0.2) is 42.0 Å². The molecule has 0 saturated carbocycles. The quantitative estimate of drug-likeness (QED) is 0.248. The fourth-order valence-corrected chi connectivity index (χ4v) is 7.84. The molecule has 2 aliphatic carbocycles. The molecule has 9 nitrogen and oxygen atoms in total. The first-order valence-electron chi connectivity index (χ1n) is 14.6. The normalized spacial score (nSPS) is 14.0. The molecular formula is C31H35N3O6S2. The number of rotatable bonds is 10. The molecule has 2 aliphatic rings. The number of carbonyl (C=O) groups excluding carboxylic acids is 4. The van der Waals surface area contributed by atoms with Crippen molar-refractivity contribution in [2.45, 2.75) is 78.1 Å². The van der Waals surface area contributed by atoms with Gasteiger partial charge in [-0.3, -0.25) is 9.59 Å². The monoisotopic (exact) mass is 609 g/mol. The number of amides is 2. The van der Waals surface area contributed by atoms with Crippen molar-refractivity contribution < 1.29 is 28.7 Å². The molecule has 0 aliphatic heterocycles. The number of thiophene rings is 2. The molecular weight excluding hydrogens is 574 g/mol. The van der Waals surface area contributed by atoms with Crippen LogP contribution >= 0.6 is 22.7 Å². The van der Waals surface area contributed by atoms with Gasteiger partial charge in [0.1, 0.15) is 21.4 Å². The van der Waals surface area contributed by atoms with E-state index in [1.165, 1.54) is 34.8 Å². The van der Waals surface area contributed by atoms with Crippen molar-refractivity contribution in [1.82, 2.24) is 4.98 Å². The summed E-state index contributed by atoms with van der Waals surface area (Å²) in [5.74, 6) is -1.91. The van der Waals surface area contributed by atoms with Crippen molar-refractivity contribution in [2.24, 2.45) is 0 Å². The van der Waals surface area contributed by atoms with E-state index in [-0.39, 0.29) is 11.4 Å². The Balaban J connectivity index is 1.36. The molecule has 0 aromatic carbocycles. The zero-order valence-corrected chi connectivity index (χ0v) is 25.6. The van der Waals surface area contributed by atoms with Crippen molar-refractivity contribution in [3.05, 3.63) is 61.6 Å². The number of ether oxygens (including phenoxy) is 2. The van der Waals surface area contributed by atoms with E-state index >= 15 is 0 Å². The maximum atomic E-state index is 13.3. The summed E-state index contributed by atoms with van der Waals surface area (Å²) in [4.78, 5) is 59.0. The van der Waals surface area contributed by atoms with Crippen LogP contribution in [0.2, 0.25) is 0 Å². The van der Waals surface area contributed by atoms with Gasteiger partial charge < -0.3 is 20.1 Å². The van der Waals surface area contributed by atoms with Gasteiger partial charge in [0.05, 0.1) is 24.3 Å². The lowest BCUT2D eigenvalue weighted by atomic mass is 9.95. The van der Waals surface area contributed by atoms with Gasteiger partial charge in [-0.05, 0) is 87.5 Å². The average molecular weight is 610 g/mol. The molecule has 42 heavy (non-hydrogen) atoms. The van der Waals surface area contributed by atoms with E-state index in [9.17, 15) is 19.2 Å². The fourth-order valence-electron chi connectivity index (χ4n) is 5.30. The van der Waals surface area contributed by atoms with Gasteiger partial charge in [0.2, 0.25) is 0 Å². The van der Waals surface area contributed by atoms with Crippen LogP contribution in [0.1, 0.15) is 115 Å². The van der Waals surface area contributed by atoms with Gasteiger partial charge >= 0.3 is 11.9 Å². The van der Waals surface area contributed by atoms with E-state index in [4.69, 9.17) is 9.47 Å². The van der Waals surface area contributed by atoms with E-state index in [1.807, 2.05) is 13.8 Å². The highest BCUT2D eigenvalue weighted by Crippen LogP contribution is 2.40. The zero-order valence-electron chi connectivity index (χ0n) is 23.9. The third-order valence-electron chi connectivity index (χ3n) is 7.29. The third-order valence-corrected chi connectivity index (χ3v) is 9.71. The van der Waals surface area contributed by atoms with Gasteiger partial charge in [0.25, 0.3) is 11.8 Å². The lowest BCUT2D eigenvalue weighted by molar-refractivity contribution is 0.0496. The molecule has 2 amide bonds. The summed E-state index contributed by atoms with van der Waals surface area (Å²) in [6.07, 6.45) is 8.70. The molecule has 3 heterocycles. The molecule has 0 spiro atoms. The van der Waals surface area contributed by atoms with Crippen LogP contribution in [0.25, 0.3) is 0 Å². The molecule has 2 N–H and O–H groups in total. The Morgan fingerprint density at radius 3 is 1.57 bits per heavy atom. The summed E-state index contributed by atoms with van der Waals surface area (Å²) in [7, 11) is 0. The Bertz CT molecular complexity index is 1400. The first-order chi connectivity index (χ1) is 20.4. The minimum Gasteiger partial charge on any atom is -0.462 e. The van der Waals surface area contributed by atoms with E-state index in [1.54, 1.807) is 6.07 Å². The molecule has 0 radical (unpaired) electrons. The molecule has 5 rings (SSSR count). The predicted molar refractivity (Wildman–Crippen MR) is 163 cm³/mol. The zero-order chi connectivity index (χ0) is 29.6. The highest BCUT2D eigenvalue weighted by molar-refractivity contribution is 7.17. The smallest absolute Gasteiger partial charge is 0.341 e. The van der Waals surface area contributed by atoms with Gasteiger partial charge in [-0.2, -0.15) is 0 Å². The van der Waals surface area contributed by atoms with Gasteiger partial charge in [-0.15, -0.1) is 22.7 Å². The van der Waals surface area contributed by atoms with Crippen molar-refractivity contribution in [1.29, 1.82) is 0 Å². The third kappa shape index (κ3) is 6.42. The first kappa shape index (κ1) is 29.9. The van der Waals surface area contributed by atoms with Crippen molar-refractivity contribution in [3.8, 4) is 0 Å². The lowest BCUT2D eigenvalue weighted by Crippen LogP contribution is -2.20. The summed E-state index contributed by atoms with van der Waals surface area (Å²) in [6.45, 7) is 4.47. The molecule has 0 unspecified atom stereocenters. The van der Waals surface area contributed by atoms with Crippen LogP contribution < -0.4 is 10.6 Å². The Labute approximate surface area is 253 Å². The number of carbonyl (C=O) groups is 4. The molecule has 0 atom stereocenters. The standard InChI is InChI=1S/C31H35N3O6S2/c1-3-16-39-30(37)24-18-10-5-7-14-22(18)41-28(24)33-26(35)20-12-9-13-21(32-20)27(36)34-29-25(31(38)40-17-4-2)19-11-6-8-15-23(19)42-29/h9,12-13H,3-8,10-11,14-17H2,1-2H3,(H,33,35)(H,34,36). The Morgan fingerprint density at radius 2 is 1.14 bits per heavy atom. The minimum atomic E-state index is -0.525. The summed E-state index contributed by atoms with van der Waals surface area (Å²) >= 11 is 2.80.